The van der Waals surface area contributed by atoms with Crippen molar-refractivity contribution in [2.45, 2.75) is 19.4 Å². The van der Waals surface area contributed by atoms with E-state index in [9.17, 15) is 14.4 Å². The van der Waals surface area contributed by atoms with Crippen LogP contribution in [0, 0.1) is 0 Å². The molecule has 0 spiro atoms. The molecule has 1 aromatic rings. The van der Waals surface area contributed by atoms with Gasteiger partial charge in [-0.2, -0.15) is 0 Å². The fourth-order valence-electron chi connectivity index (χ4n) is 1.43. The topological polar surface area (TPSA) is 86.7 Å². The number of hydrogen-bond acceptors (Lipinski definition) is 3. The lowest BCUT2D eigenvalue weighted by Gasteiger charge is -2.31. The van der Waals surface area contributed by atoms with Crippen molar-refractivity contribution >= 4 is 29.4 Å². The Morgan fingerprint density at radius 1 is 1.24 bits per heavy atom. The lowest BCUT2D eigenvalue weighted by atomic mass is 10.0. The van der Waals surface area contributed by atoms with Crippen molar-refractivity contribution in [1.82, 2.24) is 10.2 Å². The van der Waals surface area contributed by atoms with Crippen molar-refractivity contribution in [2.24, 2.45) is 0 Å². The fourth-order valence-corrected chi connectivity index (χ4v) is 1.56. The number of nitrogens with one attached hydrogen (secondary N) is 1. The minimum atomic E-state index is -1.35. The molecule has 1 rings (SSSR count). The van der Waals surface area contributed by atoms with Crippen molar-refractivity contribution < 1.29 is 19.5 Å². The number of carboxylic acids is 1. The molecule has 0 fully saturated rings. The number of carboxylic acid groups (broad SMARTS) is 1. The molecule has 0 saturated heterocycles. The van der Waals surface area contributed by atoms with E-state index in [-0.39, 0.29) is 6.54 Å². The molecule has 1 aromatic carbocycles. The number of carbonyl (C=O) groups excluding carboxylic acids is 2. The first-order valence-electron chi connectivity index (χ1n) is 6.20. The average molecular weight is 313 g/mol. The van der Waals surface area contributed by atoms with Gasteiger partial charge in [-0.25, -0.2) is 4.79 Å². The van der Waals surface area contributed by atoms with Crippen molar-refractivity contribution in [2.75, 3.05) is 13.6 Å². The van der Waals surface area contributed by atoms with Crippen LogP contribution in [0.15, 0.2) is 24.3 Å². The highest BCUT2D eigenvalue weighted by molar-refractivity contribution is 6.30. The van der Waals surface area contributed by atoms with Gasteiger partial charge in [0, 0.05) is 17.6 Å². The van der Waals surface area contributed by atoms with Crippen LogP contribution in [-0.2, 0) is 9.59 Å². The molecule has 0 radical (unpaired) electrons. The van der Waals surface area contributed by atoms with Crippen LogP contribution >= 0.6 is 11.6 Å². The molecule has 0 saturated carbocycles. The van der Waals surface area contributed by atoms with Gasteiger partial charge in [-0.1, -0.05) is 11.6 Å². The van der Waals surface area contributed by atoms with Gasteiger partial charge in [0.1, 0.15) is 5.54 Å². The highest BCUT2D eigenvalue weighted by Crippen LogP contribution is 2.12. The minimum absolute atomic E-state index is 0.283. The van der Waals surface area contributed by atoms with Gasteiger partial charge in [-0.3, -0.25) is 9.59 Å². The van der Waals surface area contributed by atoms with E-state index in [0.717, 1.165) is 4.90 Å². The number of aliphatic carboxylic acids is 1. The van der Waals surface area contributed by atoms with Crippen LogP contribution in [0.1, 0.15) is 24.2 Å². The summed E-state index contributed by atoms with van der Waals surface area (Å²) in [5, 5.41) is 12.0. The van der Waals surface area contributed by atoms with Crippen molar-refractivity contribution in [1.29, 1.82) is 0 Å². The average Bonchev–Trinajstić information content (AvgIpc) is 2.44. The number of rotatable bonds is 5. The Labute approximate surface area is 127 Å². The second kappa shape index (κ2) is 6.58. The molecule has 0 aromatic heterocycles. The maximum absolute atomic E-state index is 11.9. The summed E-state index contributed by atoms with van der Waals surface area (Å²) in [6, 6.07) is 6.20. The van der Waals surface area contributed by atoms with E-state index in [0.29, 0.717) is 10.6 Å². The summed E-state index contributed by atoms with van der Waals surface area (Å²) in [5.74, 6) is -2.05. The Balaban J connectivity index is 2.62. The quantitative estimate of drug-likeness (QED) is 0.860. The zero-order valence-electron chi connectivity index (χ0n) is 12.0. The van der Waals surface area contributed by atoms with Crippen LogP contribution in [0.25, 0.3) is 0 Å². The van der Waals surface area contributed by atoms with Gasteiger partial charge in [-0.05, 0) is 38.1 Å². The van der Waals surface area contributed by atoms with Crippen molar-refractivity contribution in [3.8, 4) is 0 Å². The van der Waals surface area contributed by atoms with Gasteiger partial charge in [0.25, 0.3) is 5.91 Å². The van der Waals surface area contributed by atoms with Gasteiger partial charge >= 0.3 is 5.97 Å². The van der Waals surface area contributed by atoms with E-state index in [1.807, 2.05) is 0 Å². The minimum Gasteiger partial charge on any atom is -0.480 e. The predicted molar refractivity (Wildman–Crippen MR) is 78.3 cm³/mol. The first-order valence-corrected chi connectivity index (χ1v) is 6.58. The number of likely N-dealkylation sites (N-methyl/N-ethyl adjacent to an activating group) is 1. The zero-order valence-corrected chi connectivity index (χ0v) is 12.8. The van der Waals surface area contributed by atoms with Gasteiger partial charge in [0.15, 0.2) is 0 Å². The fraction of sp³-hybridized carbons (Fsp3) is 0.357. The molecule has 6 nitrogen and oxygen atoms in total. The Morgan fingerprint density at radius 3 is 2.24 bits per heavy atom. The third kappa shape index (κ3) is 4.19. The molecule has 2 N–H and O–H groups in total. The largest absolute Gasteiger partial charge is 0.480 e. The van der Waals surface area contributed by atoms with E-state index in [2.05, 4.69) is 5.32 Å². The first-order chi connectivity index (χ1) is 9.66. The Hall–Kier alpha value is -2.08. The van der Waals surface area contributed by atoms with E-state index in [1.165, 1.54) is 33.0 Å². The molecular weight excluding hydrogens is 296 g/mol. The number of benzene rings is 1. The SMILES string of the molecule is CN(C(=O)CNC(=O)c1ccc(Cl)cc1)C(C)(C)C(=O)O. The Kier molecular flexibility index (Phi) is 5.32. The normalized spacial score (nSPS) is 10.9. The highest BCUT2D eigenvalue weighted by atomic mass is 35.5. The van der Waals surface area contributed by atoms with Crippen molar-refractivity contribution in [3.63, 3.8) is 0 Å². The molecule has 114 valence electrons. The standard InChI is InChI=1S/C14H17ClN2O4/c1-14(2,13(20)21)17(3)11(18)8-16-12(19)9-4-6-10(15)7-5-9/h4-7H,8H2,1-3H3,(H,16,19)(H,20,21). The molecule has 0 unspecified atom stereocenters. The summed E-state index contributed by atoms with van der Waals surface area (Å²) in [6.45, 7) is 2.54. The summed E-state index contributed by atoms with van der Waals surface area (Å²) in [5.41, 5.74) is -0.977. The summed E-state index contributed by atoms with van der Waals surface area (Å²) >= 11 is 5.72. The second-order valence-corrected chi connectivity index (χ2v) is 5.44. The lowest BCUT2D eigenvalue weighted by Crippen LogP contribution is -2.53. The first kappa shape index (κ1) is 17.0. The zero-order chi connectivity index (χ0) is 16.2. The number of nitrogens with zero attached hydrogens (tertiary/aromatic N) is 1. The van der Waals surface area contributed by atoms with Gasteiger partial charge in [-0.15, -0.1) is 0 Å². The van der Waals surface area contributed by atoms with Crippen LogP contribution in [0.4, 0.5) is 0 Å². The monoisotopic (exact) mass is 312 g/mol. The van der Waals surface area contributed by atoms with Crippen LogP contribution in [0.3, 0.4) is 0 Å². The van der Waals surface area contributed by atoms with Crippen LogP contribution in [0.5, 0.6) is 0 Å². The van der Waals surface area contributed by atoms with Gasteiger partial charge in [0.05, 0.1) is 6.54 Å². The summed E-state index contributed by atoms with van der Waals surface area (Å²) in [6.07, 6.45) is 0. The maximum Gasteiger partial charge on any atom is 0.329 e. The van der Waals surface area contributed by atoms with Crippen molar-refractivity contribution in [3.05, 3.63) is 34.9 Å². The van der Waals surface area contributed by atoms with Crippen LogP contribution < -0.4 is 5.32 Å². The number of hydrogen-bond donors (Lipinski definition) is 2. The van der Waals surface area contributed by atoms with Crippen LogP contribution in [0.2, 0.25) is 5.02 Å². The molecule has 0 aliphatic heterocycles. The van der Waals surface area contributed by atoms with Crippen LogP contribution in [-0.4, -0.2) is 46.9 Å². The lowest BCUT2D eigenvalue weighted by molar-refractivity contribution is -0.154. The molecule has 21 heavy (non-hydrogen) atoms. The molecule has 0 heterocycles. The second-order valence-electron chi connectivity index (χ2n) is 5.01. The molecule has 0 aliphatic carbocycles. The van der Waals surface area contributed by atoms with E-state index >= 15 is 0 Å². The molecule has 2 amide bonds. The number of amides is 2. The number of carbonyl (C=O) groups is 3. The van der Waals surface area contributed by atoms with E-state index in [4.69, 9.17) is 16.7 Å². The summed E-state index contributed by atoms with van der Waals surface area (Å²) in [7, 11) is 1.38. The Morgan fingerprint density at radius 2 is 1.76 bits per heavy atom. The molecular formula is C14H17ClN2O4. The molecule has 0 bridgehead atoms. The summed E-state index contributed by atoms with van der Waals surface area (Å²) in [4.78, 5) is 35.9. The summed E-state index contributed by atoms with van der Waals surface area (Å²) < 4.78 is 0. The van der Waals surface area contributed by atoms with E-state index < -0.39 is 23.3 Å². The smallest absolute Gasteiger partial charge is 0.329 e. The van der Waals surface area contributed by atoms with E-state index in [1.54, 1.807) is 12.1 Å². The third-order valence-corrected chi connectivity index (χ3v) is 3.49. The molecule has 0 aliphatic rings. The predicted octanol–water partition coefficient (Wildman–Crippen LogP) is 1.39. The Bertz CT molecular complexity index is 555. The highest BCUT2D eigenvalue weighted by Gasteiger charge is 2.35. The number of halogens is 1. The maximum atomic E-state index is 11.9. The third-order valence-electron chi connectivity index (χ3n) is 3.24. The van der Waals surface area contributed by atoms with Gasteiger partial charge < -0.3 is 15.3 Å². The molecule has 0 atom stereocenters. The molecule has 7 heteroatoms. The van der Waals surface area contributed by atoms with Gasteiger partial charge in [0.2, 0.25) is 5.91 Å².